The topological polar surface area (TPSA) is 85.7 Å². The van der Waals surface area contributed by atoms with E-state index in [4.69, 9.17) is 10.7 Å². The standard InChI is InChI=1S/C8H8N4O/c9-4-6-8(10)12(13)7-3-1-2-5(7)11-6/h10,13H,1-3H2. The molecule has 1 aromatic heterocycles. The predicted octanol–water partition coefficient (Wildman–Crippen LogP) is -0.0398. The van der Waals surface area contributed by atoms with Crippen molar-refractivity contribution < 1.29 is 5.21 Å². The molecule has 0 amide bonds. The number of nitrogens with one attached hydrogen (secondary N) is 1. The lowest BCUT2D eigenvalue weighted by atomic mass is 10.3. The van der Waals surface area contributed by atoms with Gasteiger partial charge in [-0.3, -0.25) is 5.41 Å². The summed E-state index contributed by atoms with van der Waals surface area (Å²) in [6, 6.07) is 1.79. The van der Waals surface area contributed by atoms with Gasteiger partial charge in [-0.15, -0.1) is 0 Å². The normalized spacial score (nSPS) is 13.8. The lowest BCUT2D eigenvalue weighted by molar-refractivity contribution is 0.160. The first-order valence-electron chi connectivity index (χ1n) is 4.03. The summed E-state index contributed by atoms with van der Waals surface area (Å²) in [5, 5.41) is 25.5. The third kappa shape index (κ3) is 0.991. The van der Waals surface area contributed by atoms with E-state index < -0.39 is 0 Å². The van der Waals surface area contributed by atoms with Crippen molar-refractivity contribution in [2.75, 3.05) is 0 Å². The SMILES string of the molecule is N#Cc1nc2c(n(O)c1=N)CCC2. The van der Waals surface area contributed by atoms with Crippen molar-refractivity contribution in [1.29, 1.82) is 10.7 Å². The van der Waals surface area contributed by atoms with E-state index in [0.717, 1.165) is 29.7 Å². The summed E-state index contributed by atoms with van der Waals surface area (Å²) in [6.07, 6.45) is 2.44. The van der Waals surface area contributed by atoms with Crippen molar-refractivity contribution in [2.45, 2.75) is 19.3 Å². The van der Waals surface area contributed by atoms with Gasteiger partial charge < -0.3 is 5.21 Å². The second-order valence-corrected chi connectivity index (χ2v) is 2.98. The van der Waals surface area contributed by atoms with Gasteiger partial charge in [-0.05, 0) is 19.3 Å². The molecule has 1 heterocycles. The average molecular weight is 176 g/mol. The van der Waals surface area contributed by atoms with Crippen LogP contribution in [0.1, 0.15) is 23.5 Å². The van der Waals surface area contributed by atoms with E-state index >= 15 is 0 Å². The fraction of sp³-hybridized carbons (Fsp3) is 0.375. The van der Waals surface area contributed by atoms with Gasteiger partial charge in [0, 0.05) is 0 Å². The van der Waals surface area contributed by atoms with Crippen LogP contribution in [0.15, 0.2) is 0 Å². The van der Waals surface area contributed by atoms with Gasteiger partial charge in [0.25, 0.3) is 0 Å². The molecule has 0 aromatic carbocycles. The molecule has 0 radical (unpaired) electrons. The molecule has 1 aliphatic carbocycles. The minimum atomic E-state index is -0.219. The first kappa shape index (κ1) is 7.80. The summed E-state index contributed by atoms with van der Waals surface area (Å²) in [5.74, 6) is 0. The molecule has 1 aliphatic rings. The van der Waals surface area contributed by atoms with Gasteiger partial charge in [-0.25, -0.2) is 4.98 Å². The van der Waals surface area contributed by atoms with E-state index in [0.29, 0.717) is 5.69 Å². The number of nitrogens with zero attached hydrogens (tertiary/aromatic N) is 3. The zero-order chi connectivity index (χ0) is 9.42. The van der Waals surface area contributed by atoms with Gasteiger partial charge in [-0.2, -0.15) is 9.99 Å². The summed E-state index contributed by atoms with van der Waals surface area (Å²) in [4.78, 5) is 4.00. The van der Waals surface area contributed by atoms with Gasteiger partial charge in [0.05, 0.1) is 11.4 Å². The van der Waals surface area contributed by atoms with Crippen molar-refractivity contribution in [1.82, 2.24) is 9.71 Å². The van der Waals surface area contributed by atoms with E-state index in [1.54, 1.807) is 6.07 Å². The van der Waals surface area contributed by atoms with Crippen LogP contribution in [-0.2, 0) is 12.8 Å². The van der Waals surface area contributed by atoms with Crippen LogP contribution in [0, 0.1) is 16.7 Å². The summed E-state index contributed by atoms with van der Waals surface area (Å²) in [6.45, 7) is 0. The minimum Gasteiger partial charge on any atom is -0.427 e. The molecule has 13 heavy (non-hydrogen) atoms. The first-order chi connectivity index (χ1) is 6.24. The molecule has 1 aromatic rings. The van der Waals surface area contributed by atoms with Crippen LogP contribution in [-0.4, -0.2) is 14.9 Å². The highest BCUT2D eigenvalue weighted by molar-refractivity contribution is 5.24. The van der Waals surface area contributed by atoms with E-state index in [-0.39, 0.29) is 11.2 Å². The number of hydrogen-bond donors (Lipinski definition) is 2. The van der Waals surface area contributed by atoms with E-state index in [1.807, 2.05) is 0 Å². The Balaban J connectivity index is 2.78. The third-order valence-corrected chi connectivity index (χ3v) is 2.20. The molecule has 0 saturated heterocycles. The maximum atomic E-state index is 9.47. The monoisotopic (exact) mass is 176 g/mol. The second-order valence-electron chi connectivity index (χ2n) is 2.98. The summed E-state index contributed by atoms with van der Waals surface area (Å²) < 4.78 is 0.772. The van der Waals surface area contributed by atoms with E-state index in [1.165, 1.54) is 0 Å². The van der Waals surface area contributed by atoms with Crippen LogP contribution < -0.4 is 5.49 Å². The molecule has 2 rings (SSSR count). The number of rotatable bonds is 0. The Morgan fingerprint density at radius 2 is 2.31 bits per heavy atom. The van der Waals surface area contributed by atoms with Crippen LogP contribution in [0.2, 0.25) is 0 Å². The molecule has 2 N–H and O–H groups in total. The molecular weight excluding hydrogens is 168 g/mol. The molecule has 0 aliphatic heterocycles. The number of aryl methyl sites for hydroxylation is 1. The molecule has 0 atom stereocenters. The quantitative estimate of drug-likeness (QED) is 0.544. The molecule has 66 valence electrons. The molecule has 0 bridgehead atoms. The maximum Gasteiger partial charge on any atom is 0.197 e. The van der Waals surface area contributed by atoms with Gasteiger partial charge in [0.1, 0.15) is 6.07 Å². The van der Waals surface area contributed by atoms with Crippen molar-refractivity contribution in [3.63, 3.8) is 0 Å². The van der Waals surface area contributed by atoms with Crippen LogP contribution in [0.3, 0.4) is 0 Å². The first-order valence-corrected chi connectivity index (χ1v) is 4.03. The van der Waals surface area contributed by atoms with Crippen LogP contribution >= 0.6 is 0 Å². The fourth-order valence-corrected chi connectivity index (χ4v) is 1.56. The highest BCUT2D eigenvalue weighted by atomic mass is 16.5. The molecule has 0 unspecified atom stereocenters. The van der Waals surface area contributed by atoms with Gasteiger partial charge in [0.15, 0.2) is 11.2 Å². The Hall–Kier alpha value is -1.83. The predicted molar refractivity (Wildman–Crippen MR) is 42.0 cm³/mol. The molecule has 5 heteroatoms. The summed E-state index contributed by atoms with van der Waals surface area (Å²) >= 11 is 0. The number of fused-ring (bicyclic) bond motifs is 1. The molecular formula is C8H8N4O. The average Bonchev–Trinajstić information content (AvgIpc) is 2.59. The van der Waals surface area contributed by atoms with Crippen molar-refractivity contribution in [3.05, 3.63) is 22.6 Å². The zero-order valence-corrected chi connectivity index (χ0v) is 6.91. The highest BCUT2D eigenvalue weighted by Gasteiger charge is 2.18. The Morgan fingerprint density at radius 1 is 1.54 bits per heavy atom. The van der Waals surface area contributed by atoms with Crippen molar-refractivity contribution in [3.8, 4) is 6.07 Å². The van der Waals surface area contributed by atoms with E-state index in [2.05, 4.69) is 4.98 Å². The summed E-state index contributed by atoms with van der Waals surface area (Å²) in [7, 11) is 0. The molecule has 0 saturated carbocycles. The lowest BCUT2D eigenvalue weighted by Crippen LogP contribution is -2.26. The van der Waals surface area contributed by atoms with Gasteiger partial charge in [0.2, 0.25) is 0 Å². The Morgan fingerprint density at radius 3 is 3.00 bits per heavy atom. The van der Waals surface area contributed by atoms with Crippen LogP contribution in [0.5, 0.6) is 0 Å². The fourth-order valence-electron chi connectivity index (χ4n) is 1.56. The Kier molecular flexibility index (Phi) is 1.55. The maximum absolute atomic E-state index is 9.47. The van der Waals surface area contributed by atoms with Crippen LogP contribution in [0.25, 0.3) is 0 Å². The number of hydrogen-bond acceptors (Lipinski definition) is 4. The molecule has 0 spiro atoms. The smallest absolute Gasteiger partial charge is 0.197 e. The van der Waals surface area contributed by atoms with Gasteiger partial charge in [-0.1, -0.05) is 0 Å². The number of nitriles is 1. The Bertz CT molecular complexity index is 454. The minimum absolute atomic E-state index is 0.0110. The Labute approximate surface area is 74.4 Å². The highest BCUT2D eigenvalue weighted by Crippen LogP contribution is 2.17. The second kappa shape index (κ2) is 2.59. The van der Waals surface area contributed by atoms with E-state index in [9.17, 15) is 5.21 Å². The summed E-state index contributed by atoms with van der Waals surface area (Å²) in [5.41, 5.74) is 1.19. The van der Waals surface area contributed by atoms with Crippen molar-refractivity contribution in [2.24, 2.45) is 0 Å². The largest absolute Gasteiger partial charge is 0.427 e. The molecule has 5 nitrogen and oxygen atoms in total. The molecule has 0 fully saturated rings. The third-order valence-electron chi connectivity index (χ3n) is 2.20. The lowest BCUT2D eigenvalue weighted by Gasteiger charge is -2.04. The van der Waals surface area contributed by atoms with Gasteiger partial charge >= 0.3 is 0 Å². The number of aromatic nitrogens is 2. The zero-order valence-electron chi connectivity index (χ0n) is 6.91. The van der Waals surface area contributed by atoms with Crippen molar-refractivity contribution >= 4 is 0 Å². The van der Waals surface area contributed by atoms with Crippen LogP contribution in [0.4, 0.5) is 0 Å².